The maximum atomic E-state index is 4.61. The predicted molar refractivity (Wildman–Crippen MR) is 106 cm³/mol. The molecule has 0 aromatic carbocycles. The van der Waals surface area contributed by atoms with Crippen LogP contribution in [0, 0.1) is 12.8 Å². The molecule has 1 saturated carbocycles. The number of hydrogen-bond acceptors (Lipinski definition) is 3. The van der Waals surface area contributed by atoms with Gasteiger partial charge in [-0.25, -0.2) is 9.98 Å². The lowest BCUT2D eigenvalue weighted by atomic mass is 10.0. The Morgan fingerprint density at radius 3 is 2.77 bits per heavy atom. The second-order valence-electron chi connectivity index (χ2n) is 5.78. The van der Waals surface area contributed by atoms with E-state index in [1.807, 2.05) is 6.20 Å². The number of halogens is 1. The highest BCUT2D eigenvalue weighted by Crippen LogP contribution is 2.28. The van der Waals surface area contributed by atoms with Crippen molar-refractivity contribution in [3.63, 3.8) is 0 Å². The van der Waals surface area contributed by atoms with Crippen LogP contribution in [0.5, 0.6) is 0 Å². The van der Waals surface area contributed by atoms with Crippen molar-refractivity contribution in [3.05, 3.63) is 16.1 Å². The highest BCUT2D eigenvalue weighted by atomic mass is 127. The summed E-state index contributed by atoms with van der Waals surface area (Å²) >= 11 is 1.72. The zero-order valence-corrected chi connectivity index (χ0v) is 16.9. The van der Waals surface area contributed by atoms with Crippen LogP contribution in [0.2, 0.25) is 0 Å². The van der Waals surface area contributed by atoms with E-state index in [0.717, 1.165) is 30.0 Å². The topological polar surface area (TPSA) is 49.3 Å². The Labute approximate surface area is 155 Å². The molecule has 2 rings (SSSR count). The molecule has 6 heteroatoms. The Morgan fingerprint density at radius 1 is 1.36 bits per heavy atom. The normalized spacial score (nSPS) is 15.6. The minimum absolute atomic E-state index is 0. The van der Waals surface area contributed by atoms with Crippen molar-refractivity contribution in [2.24, 2.45) is 10.9 Å². The molecular weight excluding hydrogens is 407 g/mol. The van der Waals surface area contributed by atoms with Crippen molar-refractivity contribution in [1.29, 1.82) is 0 Å². The molecule has 0 amide bonds. The Bertz CT molecular complexity index is 441. The van der Waals surface area contributed by atoms with Crippen molar-refractivity contribution >= 4 is 41.3 Å². The second-order valence-corrected chi connectivity index (χ2v) is 7.10. The third-order valence-electron chi connectivity index (χ3n) is 3.94. The molecule has 22 heavy (non-hydrogen) atoms. The lowest BCUT2D eigenvalue weighted by Gasteiger charge is -2.12. The SMILES string of the molecule is CCNC(=NCc1ncc(C)s1)NCCCC1CCCC1.I. The highest BCUT2D eigenvalue weighted by molar-refractivity contribution is 14.0. The van der Waals surface area contributed by atoms with Gasteiger partial charge in [0, 0.05) is 24.2 Å². The average molecular weight is 436 g/mol. The van der Waals surface area contributed by atoms with Gasteiger partial charge in [0.2, 0.25) is 0 Å². The third kappa shape index (κ3) is 7.26. The van der Waals surface area contributed by atoms with Gasteiger partial charge in [-0.05, 0) is 32.6 Å². The van der Waals surface area contributed by atoms with Crippen molar-refractivity contribution in [3.8, 4) is 0 Å². The van der Waals surface area contributed by atoms with Gasteiger partial charge in [-0.15, -0.1) is 35.3 Å². The number of nitrogens with zero attached hydrogens (tertiary/aromatic N) is 2. The molecule has 2 N–H and O–H groups in total. The van der Waals surface area contributed by atoms with Crippen molar-refractivity contribution in [2.45, 2.75) is 58.9 Å². The summed E-state index contributed by atoms with van der Waals surface area (Å²) in [5, 5.41) is 7.82. The summed E-state index contributed by atoms with van der Waals surface area (Å²) < 4.78 is 0. The predicted octanol–water partition coefficient (Wildman–Crippen LogP) is 4.10. The average Bonchev–Trinajstić information content (AvgIpc) is 3.12. The lowest BCUT2D eigenvalue weighted by molar-refractivity contribution is 0.481. The van der Waals surface area contributed by atoms with E-state index in [4.69, 9.17) is 0 Å². The number of rotatable bonds is 7. The first-order chi connectivity index (χ1) is 10.3. The molecule has 1 aliphatic rings. The molecule has 1 fully saturated rings. The lowest BCUT2D eigenvalue weighted by Crippen LogP contribution is -2.37. The monoisotopic (exact) mass is 436 g/mol. The van der Waals surface area contributed by atoms with Crippen LogP contribution < -0.4 is 10.6 Å². The van der Waals surface area contributed by atoms with Gasteiger partial charge >= 0.3 is 0 Å². The summed E-state index contributed by atoms with van der Waals surface area (Å²) in [6.07, 6.45) is 10.3. The number of hydrogen-bond donors (Lipinski definition) is 2. The first kappa shape index (κ1) is 19.7. The number of nitrogens with one attached hydrogen (secondary N) is 2. The molecule has 4 nitrogen and oxygen atoms in total. The zero-order chi connectivity index (χ0) is 14.9. The minimum Gasteiger partial charge on any atom is -0.357 e. The highest BCUT2D eigenvalue weighted by Gasteiger charge is 2.13. The van der Waals surface area contributed by atoms with Crippen LogP contribution in [0.3, 0.4) is 0 Å². The van der Waals surface area contributed by atoms with Crippen LogP contribution in [0.15, 0.2) is 11.2 Å². The standard InChI is InChI=1S/C16H28N4S.HI/c1-3-17-16(20-12-15-19-11-13(2)21-15)18-10-6-9-14-7-4-5-8-14;/h11,14H,3-10,12H2,1-2H3,(H2,17,18,20);1H. The van der Waals surface area contributed by atoms with Crippen LogP contribution in [-0.4, -0.2) is 24.0 Å². The molecular formula is C16H29IN4S. The van der Waals surface area contributed by atoms with Gasteiger partial charge in [0.15, 0.2) is 5.96 Å². The first-order valence-corrected chi connectivity index (χ1v) is 9.03. The van der Waals surface area contributed by atoms with E-state index < -0.39 is 0 Å². The number of thiazole rings is 1. The summed E-state index contributed by atoms with van der Waals surface area (Å²) in [6, 6.07) is 0. The van der Waals surface area contributed by atoms with Crippen LogP contribution in [0.25, 0.3) is 0 Å². The Morgan fingerprint density at radius 2 is 2.14 bits per heavy atom. The van der Waals surface area contributed by atoms with Crippen molar-refractivity contribution < 1.29 is 0 Å². The van der Waals surface area contributed by atoms with E-state index in [1.54, 1.807) is 11.3 Å². The summed E-state index contributed by atoms with van der Waals surface area (Å²) in [4.78, 5) is 10.2. The Balaban J connectivity index is 0.00000242. The van der Waals surface area contributed by atoms with E-state index in [2.05, 4.69) is 34.5 Å². The Kier molecular flexibility index (Phi) is 10.0. The largest absolute Gasteiger partial charge is 0.357 e. The minimum atomic E-state index is 0. The molecule has 1 aromatic rings. The van der Waals surface area contributed by atoms with Gasteiger partial charge in [-0.3, -0.25) is 0 Å². The van der Waals surface area contributed by atoms with E-state index in [9.17, 15) is 0 Å². The van der Waals surface area contributed by atoms with E-state index in [1.165, 1.54) is 43.4 Å². The van der Waals surface area contributed by atoms with E-state index >= 15 is 0 Å². The van der Waals surface area contributed by atoms with Gasteiger partial charge in [0.05, 0.1) is 6.54 Å². The van der Waals surface area contributed by atoms with Crippen LogP contribution in [0.1, 0.15) is 55.3 Å². The third-order valence-corrected chi connectivity index (χ3v) is 4.84. The Hall–Kier alpha value is -0.370. The van der Waals surface area contributed by atoms with E-state index in [0.29, 0.717) is 6.54 Å². The van der Waals surface area contributed by atoms with Crippen LogP contribution in [0.4, 0.5) is 0 Å². The van der Waals surface area contributed by atoms with Gasteiger partial charge in [0.1, 0.15) is 5.01 Å². The fourth-order valence-corrected chi connectivity index (χ4v) is 3.57. The molecule has 0 bridgehead atoms. The van der Waals surface area contributed by atoms with Gasteiger partial charge < -0.3 is 10.6 Å². The number of aromatic nitrogens is 1. The fourth-order valence-electron chi connectivity index (χ4n) is 2.86. The molecule has 0 saturated heterocycles. The van der Waals surface area contributed by atoms with Gasteiger partial charge in [-0.2, -0.15) is 0 Å². The number of aryl methyl sites for hydroxylation is 1. The van der Waals surface area contributed by atoms with E-state index in [-0.39, 0.29) is 24.0 Å². The fraction of sp³-hybridized carbons (Fsp3) is 0.750. The molecule has 0 spiro atoms. The molecule has 1 heterocycles. The zero-order valence-electron chi connectivity index (χ0n) is 13.7. The molecule has 126 valence electrons. The quantitative estimate of drug-likeness (QED) is 0.293. The van der Waals surface area contributed by atoms with Crippen molar-refractivity contribution in [1.82, 2.24) is 15.6 Å². The smallest absolute Gasteiger partial charge is 0.191 e. The van der Waals surface area contributed by atoms with Crippen molar-refractivity contribution in [2.75, 3.05) is 13.1 Å². The molecule has 0 unspecified atom stereocenters. The summed E-state index contributed by atoms with van der Waals surface area (Å²) in [5.74, 6) is 1.89. The maximum Gasteiger partial charge on any atom is 0.191 e. The molecule has 0 atom stereocenters. The molecule has 0 aliphatic heterocycles. The number of aliphatic imine (C=N–C) groups is 1. The summed E-state index contributed by atoms with van der Waals surface area (Å²) in [5.41, 5.74) is 0. The number of guanidine groups is 1. The van der Waals surface area contributed by atoms with Gasteiger partial charge in [0.25, 0.3) is 0 Å². The maximum absolute atomic E-state index is 4.61. The molecule has 1 aliphatic carbocycles. The second kappa shape index (κ2) is 11.2. The van der Waals surface area contributed by atoms with Crippen LogP contribution >= 0.6 is 35.3 Å². The molecule has 0 radical (unpaired) electrons. The molecule has 1 aromatic heterocycles. The first-order valence-electron chi connectivity index (χ1n) is 8.21. The van der Waals surface area contributed by atoms with Crippen LogP contribution in [-0.2, 0) is 6.54 Å². The summed E-state index contributed by atoms with van der Waals surface area (Å²) in [6.45, 7) is 6.75. The van der Waals surface area contributed by atoms with Gasteiger partial charge in [-0.1, -0.05) is 25.7 Å². The summed E-state index contributed by atoms with van der Waals surface area (Å²) in [7, 11) is 0.